The van der Waals surface area contributed by atoms with Gasteiger partial charge in [0.05, 0.1) is 42.6 Å². The molecule has 0 fully saturated rings. The fourth-order valence-corrected chi connectivity index (χ4v) is 6.73. The zero-order chi connectivity index (χ0) is 36.8. The Kier molecular flexibility index (Phi) is 11.2. The predicted molar refractivity (Wildman–Crippen MR) is 199 cm³/mol. The van der Waals surface area contributed by atoms with Gasteiger partial charge < -0.3 is 35.1 Å². The van der Waals surface area contributed by atoms with Gasteiger partial charge >= 0.3 is 0 Å². The molecule has 5 aromatic rings. The third kappa shape index (κ3) is 7.63. The van der Waals surface area contributed by atoms with Gasteiger partial charge in [-0.3, -0.25) is 19.2 Å². The van der Waals surface area contributed by atoms with Crippen LogP contribution in [0.25, 0.3) is 44.2 Å². The Labute approximate surface area is 302 Å². The summed E-state index contributed by atoms with van der Waals surface area (Å²) in [7, 11) is 0. The molecule has 6 rings (SSSR count). The van der Waals surface area contributed by atoms with Gasteiger partial charge in [0.2, 0.25) is 24.1 Å². The first kappa shape index (κ1) is 36.1. The maximum Gasteiger partial charge on any atom is 0.245 e. The second kappa shape index (κ2) is 16.1. The standard InChI is InChI=1S/C39H46N8O5/c1-5-13-46(37(50)19-40-23-48)20-34-41-18-32(43-34)25-9-11-27-26(15-25)22-52-33-17-28-24(16-29(27)33)10-12-31-38(28)45-35(42-31)21-47(14-6-2)39(51)30(7-3)44-36(49)8-4/h9-12,15-18,23,30H,5-8,13-14,19-22H2,1-4H3,(H,40,48)(H,41,43)(H,42,45)(H,44,49)/t30-/m0/s1. The minimum absolute atomic E-state index is 0.0476. The van der Waals surface area contributed by atoms with Crippen LogP contribution in [0.5, 0.6) is 5.75 Å². The van der Waals surface area contributed by atoms with E-state index in [4.69, 9.17) is 9.72 Å². The van der Waals surface area contributed by atoms with Crippen LogP contribution in [0.2, 0.25) is 0 Å². The van der Waals surface area contributed by atoms with Crippen molar-refractivity contribution in [2.24, 2.45) is 0 Å². The van der Waals surface area contributed by atoms with Crippen LogP contribution in [0.15, 0.2) is 48.7 Å². The van der Waals surface area contributed by atoms with Crippen LogP contribution in [0.3, 0.4) is 0 Å². The fourth-order valence-electron chi connectivity index (χ4n) is 6.73. The van der Waals surface area contributed by atoms with Crippen molar-refractivity contribution in [2.45, 2.75) is 79.1 Å². The minimum Gasteiger partial charge on any atom is -0.488 e. The summed E-state index contributed by atoms with van der Waals surface area (Å²) in [4.78, 5) is 68.4. The summed E-state index contributed by atoms with van der Waals surface area (Å²) in [5.41, 5.74) is 6.62. The zero-order valence-corrected chi connectivity index (χ0v) is 30.2. The van der Waals surface area contributed by atoms with Crippen LogP contribution >= 0.6 is 0 Å². The molecule has 0 aliphatic carbocycles. The molecule has 0 radical (unpaired) electrons. The molecule has 1 aliphatic heterocycles. The van der Waals surface area contributed by atoms with E-state index in [-0.39, 0.29) is 24.3 Å². The van der Waals surface area contributed by atoms with Crippen molar-refractivity contribution >= 4 is 45.9 Å². The number of carbonyl (C=O) groups is 4. The van der Waals surface area contributed by atoms with Gasteiger partial charge in [-0.1, -0.05) is 45.9 Å². The molecule has 13 heteroatoms. The molecule has 0 unspecified atom stereocenters. The number of imidazole rings is 2. The third-order valence-corrected chi connectivity index (χ3v) is 9.37. The lowest BCUT2D eigenvalue weighted by Crippen LogP contribution is -2.48. The highest BCUT2D eigenvalue weighted by atomic mass is 16.5. The zero-order valence-electron chi connectivity index (χ0n) is 30.2. The van der Waals surface area contributed by atoms with Crippen molar-refractivity contribution in [1.82, 2.24) is 40.4 Å². The first-order valence-electron chi connectivity index (χ1n) is 18.0. The molecule has 2 aromatic heterocycles. The van der Waals surface area contributed by atoms with Gasteiger partial charge in [-0.05, 0) is 65.6 Å². The van der Waals surface area contributed by atoms with Crippen LogP contribution in [-0.4, -0.2) is 79.5 Å². The van der Waals surface area contributed by atoms with Crippen molar-refractivity contribution in [3.8, 4) is 28.1 Å². The van der Waals surface area contributed by atoms with Crippen molar-refractivity contribution in [1.29, 1.82) is 0 Å². The summed E-state index contributed by atoms with van der Waals surface area (Å²) in [6.45, 7) is 9.80. The van der Waals surface area contributed by atoms with Gasteiger partial charge in [-0.25, -0.2) is 9.97 Å². The third-order valence-electron chi connectivity index (χ3n) is 9.37. The number of hydrogen-bond donors (Lipinski definition) is 4. The normalized spacial score (nSPS) is 12.5. The second-order valence-corrected chi connectivity index (χ2v) is 13.1. The van der Waals surface area contributed by atoms with Crippen LogP contribution in [-0.2, 0) is 38.9 Å². The van der Waals surface area contributed by atoms with Gasteiger partial charge in [0, 0.05) is 30.5 Å². The van der Waals surface area contributed by atoms with Crippen molar-refractivity contribution in [3.63, 3.8) is 0 Å². The summed E-state index contributed by atoms with van der Waals surface area (Å²) in [6.07, 6.45) is 4.71. The highest BCUT2D eigenvalue weighted by Gasteiger charge is 2.26. The van der Waals surface area contributed by atoms with E-state index >= 15 is 0 Å². The Hall–Kier alpha value is -5.72. The number of aromatic nitrogens is 4. The number of amides is 4. The average Bonchev–Trinajstić information content (AvgIpc) is 3.81. The number of nitrogens with zero attached hydrogens (tertiary/aromatic N) is 4. The summed E-state index contributed by atoms with van der Waals surface area (Å²) in [5, 5.41) is 7.31. The van der Waals surface area contributed by atoms with Crippen molar-refractivity contribution < 1.29 is 23.9 Å². The monoisotopic (exact) mass is 706 g/mol. The molecule has 13 nitrogen and oxygen atoms in total. The average molecular weight is 707 g/mol. The quantitative estimate of drug-likeness (QED) is 0.103. The van der Waals surface area contributed by atoms with E-state index in [1.807, 2.05) is 26.8 Å². The van der Waals surface area contributed by atoms with Gasteiger partial charge in [0.1, 0.15) is 30.0 Å². The molecule has 0 saturated carbocycles. The number of aromatic amines is 2. The molecule has 0 spiro atoms. The summed E-state index contributed by atoms with van der Waals surface area (Å²) in [6, 6.07) is 13.9. The molecule has 3 heterocycles. The molecule has 52 heavy (non-hydrogen) atoms. The van der Waals surface area contributed by atoms with Gasteiger partial charge in [-0.2, -0.15) is 0 Å². The first-order chi connectivity index (χ1) is 25.3. The molecule has 272 valence electrons. The first-order valence-corrected chi connectivity index (χ1v) is 18.0. The molecule has 4 N–H and O–H groups in total. The topological polar surface area (TPSA) is 165 Å². The highest BCUT2D eigenvalue weighted by molar-refractivity contribution is 6.07. The number of H-pyrrole nitrogens is 2. The Morgan fingerprint density at radius 3 is 2.48 bits per heavy atom. The Bertz CT molecular complexity index is 2100. The van der Waals surface area contributed by atoms with E-state index < -0.39 is 6.04 Å². The molecule has 1 atom stereocenters. The van der Waals surface area contributed by atoms with Crippen molar-refractivity contribution in [3.05, 3.63) is 65.9 Å². The maximum absolute atomic E-state index is 13.4. The number of hydrogen-bond acceptors (Lipinski definition) is 7. The smallest absolute Gasteiger partial charge is 0.245 e. The molecule has 0 bridgehead atoms. The molecule has 3 aromatic carbocycles. The molecule has 4 amide bonds. The Morgan fingerprint density at radius 1 is 0.942 bits per heavy atom. The van der Waals surface area contributed by atoms with Crippen LogP contribution in [0.1, 0.15) is 70.6 Å². The number of nitrogens with one attached hydrogen (secondary N) is 4. The van der Waals surface area contributed by atoms with E-state index in [9.17, 15) is 19.2 Å². The number of rotatable bonds is 16. The highest BCUT2D eigenvalue weighted by Crippen LogP contribution is 2.42. The number of carbonyl (C=O) groups excluding carboxylic acids is 4. The summed E-state index contributed by atoms with van der Waals surface area (Å²) in [5.74, 6) is 1.72. The van der Waals surface area contributed by atoms with Gasteiger partial charge in [-0.15, -0.1) is 0 Å². The van der Waals surface area contributed by atoms with Crippen LogP contribution in [0, 0.1) is 0 Å². The van der Waals surface area contributed by atoms with Crippen LogP contribution < -0.4 is 15.4 Å². The lowest BCUT2D eigenvalue weighted by Gasteiger charge is -2.26. The van der Waals surface area contributed by atoms with E-state index in [1.165, 1.54) is 0 Å². The SMILES string of the molecule is CCCN(Cc1ncc(-c2ccc3c(c2)COc2cc4c(ccc5nc(CN(CCC)C(=O)[C@H](CC)NC(=O)CC)[nH]c54)cc2-3)[nH]1)C(=O)CNC=O. The molecule has 0 saturated heterocycles. The molecular weight excluding hydrogens is 660 g/mol. The lowest BCUT2D eigenvalue weighted by atomic mass is 9.92. The summed E-state index contributed by atoms with van der Waals surface area (Å²) >= 11 is 0. The van der Waals surface area contributed by atoms with E-state index in [0.29, 0.717) is 63.7 Å². The van der Waals surface area contributed by atoms with E-state index in [1.54, 1.807) is 22.9 Å². The maximum atomic E-state index is 13.4. The molecule has 1 aliphatic rings. The Morgan fingerprint density at radius 2 is 1.73 bits per heavy atom. The predicted octanol–water partition coefficient (Wildman–Crippen LogP) is 5.19. The Balaban J connectivity index is 1.23. The molecular formula is C39H46N8O5. The summed E-state index contributed by atoms with van der Waals surface area (Å²) < 4.78 is 6.33. The second-order valence-electron chi connectivity index (χ2n) is 13.1. The van der Waals surface area contributed by atoms with Crippen LogP contribution in [0.4, 0.5) is 0 Å². The largest absolute Gasteiger partial charge is 0.488 e. The van der Waals surface area contributed by atoms with E-state index in [0.717, 1.165) is 68.3 Å². The minimum atomic E-state index is -0.569. The number of benzene rings is 3. The lowest BCUT2D eigenvalue weighted by molar-refractivity contribution is -0.137. The van der Waals surface area contributed by atoms with Gasteiger partial charge in [0.15, 0.2) is 0 Å². The fraction of sp³-hybridized carbons (Fsp3) is 0.385. The van der Waals surface area contributed by atoms with E-state index in [2.05, 4.69) is 62.0 Å². The number of fused-ring (bicyclic) bond motifs is 6. The number of ether oxygens (including phenoxy) is 1. The van der Waals surface area contributed by atoms with Gasteiger partial charge in [0.25, 0.3) is 0 Å². The van der Waals surface area contributed by atoms with Crippen molar-refractivity contribution in [2.75, 3.05) is 19.6 Å².